The Hall–Kier alpha value is 5.79. The summed E-state index contributed by atoms with van der Waals surface area (Å²) in [6, 6.07) is 0. The van der Waals surface area contributed by atoms with Crippen LogP contribution in [0.25, 0.3) is 0 Å². The second-order valence-corrected chi connectivity index (χ2v) is 9.26. The van der Waals surface area contributed by atoms with Crippen LogP contribution in [0.1, 0.15) is 0 Å². The van der Waals surface area contributed by atoms with Crippen molar-refractivity contribution in [3.8, 4) is 0 Å². The Kier molecular flexibility index (Phi) is 128. The first-order valence-corrected chi connectivity index (χ1v) is 22.7. The van der Waals surface area contributed by atoms with Crippen LogP contribution < -0.4 is 25.3 Å². The van der Waals surface area contributed by atoms with Crippen LogP contribution in [0, 0.1) is 35.6 Å². The molecule has 0 saturated carbocycles. The van der Waals surface area contributed by atoms with Gasteiger partial charge in [-0.15, -0.1) is 0 Å². The molecule has 0 aliphatic rings. The minimum atomic E-state index is -4.20. The van der Waals surface area contributed by atoms with Crippen LogP contribution in [0.4, 0.5) is 0 Å². The van der Waals surface area contributed by atoms with Crippen molar-refractivity contribution in [3.05, 3.63) is 0 Å². The molecule has 21 nitrogen and oxygen atoms in total. The fourth-order valence-electron chi connectivity index (χ4n) is 0. The minimum Gasteiger partial charge on any atom is 2.00 e. The van der Waals surface area contributed by atoms with Gasteiger partial charge in [0.25, 0.3) is 0 Å². The van der Waals surface area contributed by atoms with Gasteiger partial charge in [-0.1, -0.05) is 0 Å². The molecule has 0 heterocycles. The molecular formula is BaLaNb7O21Pb. The third kappa shape index (κ3) is 1220. The summed E-state index contributed by atoms with van der Waals surface area (Å²) >= 11 is -29.4. The van der Waals surface area contributed by atoms with E-state index in [4.69, 9.17) is 70.8 Å². The van der Waals surface area contributed by atoms with Gasteiger partial charge < -0.3 is 0 Å². The van der Waals surface area contributed by atoms with Gasteiger partial charge in [0.15, 0.2) is 0 Å². The van der Waals surface area contributed by atoms with Gasteiger partial charge in [-0.05, 0) is 0 Å². The van der Waals surface area contributed by atoms with Crippen LogP contribution in [0.5, 0.6) is 0 Å². The molecule has 0 rings (SSSR count). The maximum Gasteiger partial charge on any atom is 2.00 e. The molecule has 0 N–H and O–H groups in total. The zero-order valence-electron chi connectivity index (χ0n) is 13.5. The van der Waals surface area contributed by atoms with E-state index in [2.05, 4.69) is 0 Å². The molecule has 0 aromatic rings. The Labute approximate surface area is 306 Å². The predicted octanol–water partition coefficient (Wildman–Crippen LogP) is -10.8. The average Bonchev–Trinajstić information content (AvgIpc) is 2.20. The van der Waals surface area contributed by atoms with Crippen LogP contribution >= 0.6 is 0 Å². The van der Waals surface area contributed by atoms with E-state index in [-0.39, 0.29) is 112 Å². The van der Waals surface area contributed by atoms with Crippen molar-refractivity contribution in [1.29, 1.82) is 0 Å². The van der Waals surface area contributed by atoms with Crippen LogP contribution in [0.3, 0.4) is 0 Å². The molecule has 0 bridgehead atoms. The minimum absolute atomic E-state index is 0. The number of rotatable bonds is 0. The van der Waals surface area contributed by atoms with E-state index in [1.807, 2.05) is 0 Å². The van der Waals surface area contributed by atoms with Crippen molar-refractivity contribution >= 4 is 76.2 Å². The van der Waals surface area contributed by atoms with Gasteiger partial charge in [0.1, 0.15) is 0 Å². The van der Waals surface area contributed by atoms with Crippen molar-refractivity contribution in [2.24, 2.45) is 0 Å². The van der Waals surface area contributed by atoms with Crippen molar-refractivity contribution in [2.45, 2.75) is 0 Å². The molecule has 0 spiro atoms. The third-order valence-electron chi connectivity index (χ3n) is 0. The van der Waals surface area contributed by atoms with E-state index in [9.17, 15) is 0 Å². The number of hydrogen-bond acceptors (Lipinski definition) is 21. The maximum atomic E-state index is 8.60. The van der Waals surface area contributed by atoms with Crippen LogP contribution in [-0.2, 0) is 177 Å². The molecule has 31 heteroatoms. The normalized spacial score (nSPS) is 5.65. The van der Waals surface area contributed by atoms with Crippen molar-refractivity contribution in [3.63, 3.8) is 0 Å². The first-order chi connectivity index (χ1) is 12.1. The summed E-state index contributed by atoms with van der Waals surface area (Å²) in [5.41, 5.74) is 0. The van der Waals surface area contributed by atoms with Gasteiger partial charge in [0.05, 0.1) is 0 Å². The summed E-state index contributed by atoms with van der Waals surface area (Å²) in [5.74, 6) is 0. The Balaban J connectivity index is -0.0000000204. The standard InChI is InChI=1S/Ba.La.7Nb.21O.Pb/q+2;+3;;;;;;;;;;;;;;;;;;;;;;7*-1;+2. The van der Waals surface area contributed by atoms with Crippen molar-refractivity contribution in [2.75, 3.05) is 0 Å². The fourth-order valence-corrected chi connectivity index (χ4v) is 0. The molecule has 2 radical (unpaired) electrons. The second kappa shape index (κ2) is 60.4. The Morgan fingerprint density at radius 3 is 0.290 bits per heavy atom. The number of hydrogen-bond donors (Lipinski definition) is 0. The first-order valence-electron chi connectivity index (χ1n) is 3.83. The molecule has 0 saturated heterocycles. The molecule has 0 atom stereocenters. The quantitative estimate of drug-likeness (QED) is 0.203. The van der Waals surface area contributed by atoms with E-state index >= 15 is 0 Å². The average molecular weight is 1470 g/mol. The smallest absolute Gasteiger partial charge is 2.00 e. The summed E-state index contributed by atoms with van der Waals surface area (Å²) in [4.78, 5) is 0. The van der Waals surface area contributed by atoms with Gasteiger partial charge >= 0.3 is 314 Å². The largest absolute Gasteiger partial charge is 2.00 e. The molecule has 31 heavy (non-hydrogen) atoms. The SMILES string of the molecule is [Ba+2].[La+3].[O]=[Nb](=[O])[O-].[O]=[Nb](=[O])[O-].[O]=[Nb](=[O])[O-].[O]=[Nb](=[O])[O-].[O]=[Nb](=[O])[O-].[O]=[Nb](=[O])[O-].[O]=[Nb](=[O])[O-].[Pb+2]. The van der Waals surface area contributed by atoms with Crippen LogP contribution in [-0.4, -0.2) is 76.2 Å². The molecule has 0 aliphatic carbocycles. The molecule has 170 valence electrons. The summed E-state index contributed by atoms with van der Waals surface area (Å²) < 4.78 is 181. The molecule has 0 aromatic heterocycles. The van der Waals surface area contributed by atoms with E-state index in [0.717, 1.165) is 0 Å². The molecule has 0 unspecified atom stereocenters. The maximum absolute atomic E-state index is 8.60. The summed E-state index contributed by atoms with van der Waals surface area (Å²) in [7, 11) is 0. The van der Waals surface area contributed by atoms with Crippen molar-refractivity contribution < 1.29 is 238 Å². The van der Waals surface area contributed by atoms with Gasteiger partial charge in [0, 0.05) is 0 Å². The molecule has 0 aromatic carbocycles. The van der Waals surface area contributed by atoms with E-state index < -0.39 is 131 Å². The zero-order valence-corrected chi connectivity index (χ0v) is 40.8. The fraction of sp³-hybridized carbons (Fsp3) is 0. The summed E-state index contributed by atoms with van der Waals surface area (Å²) in [5, 5.41) is 0. The molecular weight excluding hydrogens is 1470 g/mol. The summed E-state index contributed by atoms with van der Waals surface area (Å²) in [6.07, 6.45) is 0. The zero-order chi connectivity index (χ0) is 25.0. The predicted molar refractivity (Wildman–Crippen MR) is 21.1 cm³/mol. The molecule has 0 amide bonds. The Bertz CT molecular complexity index is 577. The monoisotopic (exact) mass is 1470 g/mol. The first kappa shape index (κ1) is 65.7. The van der Waals surface area contributed by atoms with Crippen LogP contribution in [0.2, 0.25) is 0 Å². The Morgan fingerprint density at radius 1 is 0.290 bits per heavy atom. The molecule has 0 fully saturated rings. The van der Waals surface area contributed by atoms with Gasteiger partial charge in [0.2, 0.25) is 0 Å². The van der Waals surface area contributed by atoms with E-state index in [1.165, 1.54) is 0 Å². The van der Waals surface area contributed by atoms with E-state index in [1.54, 1.807) is 0 Å². The Morgan fingerprint density at radius 2 is 0.290 bits per heavy atom. The topological polar surface area (TPSA) is 400 Å². The van der Waals surface area contributed by atoms with Crippen LogP contribution in [0.15, 0.2) is 0 Å². The van der Waals surface area contributed by atoms with Gasteiger partial charge in [-0.3, -0.25) is 0 Å². The molecule has 0 aliphatic heterocycles. The summed E-state index contributed by atoms with van der Waals surface area (Å²) in [6.45, 7) is 0. The van der Waals surface area contributed by atoms with Gasteiger partial charge in [-0.25, -0.2) is 0 Å². The van der Waals surface area contributed by atoms with Gasteiger partial charge in [-0.2, -0.15) is 0 Å². The third-order valence-corrected chi connectivity index (χ3v) is 0. The van der Waals surface area contributed by atoms with Crippen molar-refractivity contribution in [1.82, 2.24) is 0 Å². The van der Waals surface area contributed by atoms with E-state index in [0.29, 0.717) is 0 Å². The second-order valence-electron chi connectivity index (χ2n) is 1.57.